The quantitative estimate of drug-likeness (QED) is 0.848. The number of alkyl halides is 1. The number of fused-ring (bicyclic) bond motifs is 1. The summed E-state index contributed by atoms with van der Waals surface area (Å²) in [7, 11) is 0. The molecule has 2 aliphatic rings. The molecule has 2 aromatic rings. The fourth-order valence-electron chi connectivity index (χ4n) is 3.52. The summed E-state index contributed by atoms with van der Waals surface area (Å²) < 4.78 is 27.5. The number of anilines is 2. The first-order valence-corrected chi connectivity index (χ1v) is 8.52. The van der Waals surface area contributed by atoms with Gasteiger partial charge in [0.2, 0.25) is 5.95 Å². The van der Waals surface area contributed by atoms with Gasteiger partial charge in [-0.25, -0.2) is 19.2 Å². The fraction of sp³-hybridized carbons (Fsp3) is 0.389. The largest absolute Gasteiger partial charge is 0.477 e. The first-order valence-electron chi connectivity index (χ1n) is 8.52. The van der Waals surface area contributed by atoms with Crippen molar-refractivity contribution < 1.29 is 18.7 Å². The second-order valence-corrected chi connectivity index (χ2v) is 6.65. The Kier molecular flexibility index (Phi) is 4.18. The monoisotopic (exact) mass is 360 g/mol. The summed E-state index contributed by atoms with van der Waals surface area (Å²) in [6, 6.07) is 4.70. The summed E-state index contributed by atoms with van der Waals surface area (Å²) in [6.07, 6.45) is 1.75. The minimum Gasteiger partial charge on any atom is -0.477 e. The summed E-state index contributed by atoms with van der Waals surface area (Å²) in [5, 5.41) is 9.04. The zero-order valence-corrected chi connectivity index (χ0v) is 14.0. The number of halogens is 2. The summed E-state index contributed by atoms with van der Waals surface area (Å²) in [4.78, 5) is 22.7. The van der Waals surface area contributed by atoms with Crippen molar-refractivity contribution in [3.05, 3.63) is 47.2 Å². The van der Waals surface area contributed by atoms with E-state index in [0.29, 0.717) is 44.0 Å². The van der Waals surface area contributed by atoms with Crippen molar-refractivity contribution >= 4 is 17.5 Å². The smallest absolute Gasteiger partial charge is 0.354 e. The molecule has 1 atom stereocenters. The molecule has 6 nitrogen and oxygen atoms in total. The lowest BCUT2D eigenvalue weighted by atomic mass is 10.0. The van der Waals surface area contributed by atoms with Gasteiger partial charge in [-0.2, -0.15) is 4.39 Å². The van der Waals surface area contributed by atoms with E-state index in [1.54, 1.807) is 18.3 Å². The van der Waals surface area contributed by atoms with E-state index in [0.717, 1.165) is 11.1 Å². The van der Waals surface area contributed by atoms with E-state index in [2.05, 4.69) is 9.97 Å². The number of pyridine rings is 2. The molecule has 2 aliphatic heterocycles. The zero-order chi connectivity index (χ0) is 18.3. The Morgan fingerprint density at radius 2 is 2.04 bits per heavy atom. The van der Waals surface area contributed by atoms with Crippen molar-refractivity contribution in [1.29, 1.82) is 0 Å². The van der Waals surface area contributed by atoms with Crippen LogP contribution >= 0.6 is 0 Å². The van der Waals surface area contributed by atoms with Crippen LogP contribution in [0.2, 0.25) is 0 Å². The predicted octanol–water partition coefficient (Wildman–Crippen LogP) is 2.42. The Morgan fingerprint density at radius 3 is 2.77 bits per heavy atom. The van der Waals surface area contributed by atoms with Crippen LogP contribution in [0.15, 0.2) is 24.4 Å². The van der Waals surface area contributed by atoms with Crippen molar-refractivity contribution in [3.8, 4) is 0 Å². The number of aromatic nitrogens is 2. The summed E-state index contributed by atoms with van der Waals surface area (Å²) >= 11 is 0. The van der Waals surface area contributed by atoms with Crippen LogP contribution in [-0.2, 0) is 13.0 Å². The molecule has 4 rings (SSSR count). The molecule has 0 aromatic carbocycles. The average molecular weight is 360 g/mol. The van der Waals surface area contributed by atoms with E-state index in [-0.39, 0.29) is 12.2 Å². The zero-order valence-electron chi connectivity index (χ0n) is 14.0. The van der Waals surface area contributed by atoms with Crippen LogP contribution in [0.5, 0.6) is 0 Å². The van der Waals surface area contributed by atoms with Crippen LogP contribution in [0.1, 0.15) is 28.0 Å². The minimum absolute atomic E-state index is 0.0261. The molecule has 0 aliphatic carbocycles. The summed E-state index contributed by atoms with van der Waals surface area (Å²) in [6.45, 7) is 1.91. The third kappa shape index (κ3) is 3.18. The Labute approximate surface area is 149 Å². The van der Waals surface area contributed by atoms with Gasteiger partial charge in [0.25, 0.3) is 0 Å². The highest BCUT2D eigenvalue weighted by Gasteiger charge is 2.25. The molecule has 0 bridgehead atoms. The molecule has 0 amide bonds. The molecule has 136 valence electrons. The van der Waals surface area contributed by atoms with Crippen molar-refractivity contribution in [1.82, 2.24) is 9.97 Å². The Morgan fingerprint density at radius 1 is 1.19 bits per heavy atom. The highest BCUT2D eigenvalue weighted by atomic mass is 19.1. The number of aromatic carboxylic acids is 1. The first-order chi connectivity index (χ1) is 12.5. The molecule has 0 saturated carbocycles. The SMILES string of the molecule is O=C(O)c1cc2c(cn1)CN(c1cc(N3CCC(F)C3)cc(F)n1)CC2. The number of carboxylic acids is 1. The van der Waals surface area contributed by atoms with Gasteiger partial charge in [0, 0.05) is 50.2 Å². The number of nitrogens with zero attached hydrogens (tertiary/aromatic N) is 4. The third-order valence-corrected chi connectivity index (χ3v) is 4.90. The topological polar surface area (TPSA) is 69.6 Å². The van der Waals surface area contributed by atoms with Crippen molar-refractivity contribution in [3.63, 3.8) is 0 Å². The minimum atomic E-state index is -1.05. The van der Waals surface area contributed by atoms with E-state index in [1.807, 2.05) is 9.80 Å². The lowest BCUT2D eigenvalue weighted by Crippen LogP contribution is -2.32. The number of rotatable bonds is 3. The van der Waals surface area contributed by atoms with Crippen molar-refractivity contribution in [2.75, 3.05) is 29.4 Å². The molecule has 1 unspecified atom stereocenters. The summed E-state index contributed by atoms with van der Waals surface area (Å²) in [5.41, 5.74) is 2.50. The second kappa shape index (κ2) is 6.51. The molecule has 26 heavy (non-hydrogen) atoms. The van der Waals surface area contributed by atoms with Crippen LogP contribution in [0, 0.1) is 5.95 Å². The molecule has 1 N–H and O–H groups in total. The maximum Gasteiger partial charge on any atom is 0.354 e. The van der Waals surface area contributed by atoms with E-state index in [1.165, 1.54) is 6.07 Å². The van der Waals surface area contributed by atoms with Gasteiger partial charge >= 0.3 is 5.97 Å². The standard InChI is InChI=1S/C18H18F2N4O2/c19-13-2-4-23(10-13)14-6-16(20)22-17(7-14)24-3-1-11-5-15(18(25)26)21-8-12(11)9-24/h5-8,13H,1-4,9-10H2,(H,25,26). The molecule has 1 fully saturated rings. The molecular formula is C18H18F2N4O2. The first kappa shape index (κ1) is 16.7. The maximum absolute atomic E-state index is 14.0. The van der Waals surface area contributed by atoms with Gasteiger partial charge in [0.15, 0.2) is 0 Å². The number of carbonyl (C=O) groups is 1. The molecule has 1 saturated heterocycles. The van der Waals surface area contributed by atoms with Gasteiger partial charge in [0.05, 0.1) is 0 Å². The normalized spacial score (nSPS) is 19.5. The highest BCUT2D eigenvalue weighted by molar-refractivity contribution is 5.85. The fourth-order valence-corrected chi connectivity index (χ4v) is 3.52. The predicted molar refractivity (Wildman–Crippen MR) is 91.9 cm³/mol. The number of hydrogen-bond donors (Lipinski definition) is 1. The van der Waals surface area contributed by atoms with Crippen LogP contribution in [-0.4, -0.2) is 46.8 Å². The van der Waals surface area contributed by atoms with Crippen LogP contribution in [0.25, 0.3) is 0 Å². The highest BCUT2D eigenvalue weighted by Crippen LogP contribution is 2.29. The van der Waals surface area contributed by atoms with E-state index in [4.69, 9.17) is 5.11 Å². The van der Waals surface area contributed by atoms with E-state index < -0.39 is 18.1 Å². The van der Waals surface area contributed by atoms with Gasteiger partial charge < -0.3 is 14.9 Å². The van der Waals surface area contributed by atoms with Gasteiger partial charge in [-0.3, -0.25) is 0 Å². The molecule has 0 radical (unpaired) electrons. The van der Waals surface area contributed by atoms with E-state index in [9.17, 15) is 13.6 Å². The van der Waals surface area contributed by atoms with Crippen molar-refractivity contribution in [2.45, 2.75) is 25.6 Å². The number of carboxylic acid groups (broad SMARTS) is 1. The Balaban J connectivity index is 1.58. The molecule has 2 aromatic heterocycles. The van der Waals surface area contributed by atoms with Gasteiger partial charge in [-0.05, 0) is 30.0 Å². The Bertz CT molecular complexity index is 861. The van der Waals surface area contributed by atoms with Gasteiger partial charge in [-0.15, -0.1) is 0 Å². The molecule has 0 spiro atoms. The molecular weight excluding hydrogens is 342 g/mol. The molecule has 4 heterocycles. The third-order valence-electron chi connectivity index (χ3n) is 4.90. The van der Waals surface area contributed by atoms with Crippen molar-refractivity contribution in [2.24, 2.45) is 0 Å². The van der Waals surface area contributed by atoms with Crippen LogP contribution < -0.4 is 9.80 Å². The Hall–Kier alpha value is -2.77. The lowest BCUT2D eigenvalue weighted by molar-refractivity contribution is 0.0690. The average Bonchev–Trinajstić information content (AvgIpc) is 3.06. The lowest BCUT2D eigenvalue weighted by Gasteiger charge is -2.30. The summed E-state index contributed by atoms with van der Waals surface area (Å²) in [5.74, 6) is -1.15. The second-order valence-electron chi connectivity index (χ2n) is 6.65. The maximum atomic E-state index is 14.0. The number of hydrogen-bond acceptors (Lipinski definition) is 5. The van der Waals surface area contributed by atoms with Gasteiger partial charge in [-0.1, -0.05) is 0 Å². The van der Waals surface area contributed by atoms with Gasteiger partial charge in [0.1, 0.15) is 17.7 Å². The van der Waals surface area contributed by atoms with E-state index >= 15 is 0 Å². The molecule has 8 heteroatoms. The van der Waals surface area contributed by atoms with Crippen LogP contribution in [0.3, 0.4) is 0 Å². The van der Waals surface area contributed by atoms with Crippen LogP contribution in [0.4, 0.5) is 20.3 Å².